The predicted octanol–water partition coefficient (Wildman–Crippen LogP) is 1.23. The average Bonchev–Trinajstić information content (AvgIpc) is 2.45. The third-order valence-electron chi connectivity index (χ3n) is 4.57. The number of hydrogen-bond acceptors (Lipinski definition) is 5. The minimum absolute atomic E-state index is 0.158. The summed E-state index contributed by atoms with van der Waals surface area (Å²) < 4.78 is 27.9. The Morgan fingerprint density at radius 3 is 2.35 bits per heavy atom. The Morgan fingerprint density at radius 1 is 1.20 bits per heavy atom. The molecule has 0 radical (unpaired) electrons. The largest absolute Gasteiger partial charge is 0.468 e. The molecule has 1 aliphatic heterocycles. The summed E-state index contributed by atoms with van der Waals surface area (Å²) in [5, 5.41) is 0. The zero-order chi connectivity index (χ0) is 14.6. The van der Waals surface area contributed by atoms with Crippen molar-refractivity contribution in [2.75, 3.05) is 31.7 Å². The first-order chi connectivity index (χ1) is 9.52. The first-order valence-electron chi connectivity index (χ1n) is 7.54. The lowest BCUT2D eigenvalue weighted by molar-refractivity contribution is -0.147. The number of ether oxygens (including phenoxy) is 1. The van der Waals surface area contributed by atoms with Gasteiger partial charge in [-0.15, -0.1) is 0 Å². The maximum absolute atomic E-state index is 12.0. The van der Waals surface area contributed by atoms with Crippen LogP contribution in [0.5, 0.6) is 0 Å². The van der Waals surface area contributed by atoms with E-state index < -0.39 is 9.84 Å². The normalized spacial score (nSPS) is 26.1. The summed E-state index contributed by atoms with van der Waals surface area (Å²) in [5.41, 5.74) is 0. The predicted molar refractivity (Wildman–Crippen MR) is 77.2 cm³/mol. The summed E-state index contributed by atoms with van der Waals surface area (Å²) in [7, 11) is -1.49. The fourth-order valence-corrected chi connectivity index (χ4v) is 4.54. The van der Waals surface area contributed by atoms with Gasteiger partial charge in [0.15, 0.2) is 9.84 Å². The van der Waals surface area contributed by atoms with E-state index in [0.29, 0.717) is 19.0 Å². The van der Waals surface area contributed by atoms with Crippen LogP contribution in [0.1, 0.15) is 38.5 Å². The fraction of sp³-hybridized carbons (Fsp3) is 0.929. The third kappa shape index (κ3) is 4.19. The zero-order valence-corrected chi connectivity index (χ0v) is 13.0. The molecule has 0 N–H and O–H groups in total. The van der Waals surface area contributed by atoms with Crippen molar-refractivity contribution >= 4 is 15.8 Å². The Hall–Kier alpha value is -0.620. The average molecular weight is 303 g/mol. The van der Waals surface area contributed by atoms with Crippen LogP contribution in [-0.4, -0.2) is 57.0 Å². The number of sulfone groups is 1. The number of methoxy groups -OCH3 is 1. The fourth-order valence-electron chi connectivity index (χ4n) is 3.31. The van der Waals surface area contributed by atoms with Crippen molar-refractivity contribution < 1.29 is 17.9 Å². The van der Waals surface area contributed by atoms with Crippen molar-refractivity contribution in [2.24, 2.45) is 5.92 Å². The first-order valence-corrected chi connectivity index (χ1v) is 9.36. The van der Waals surface area contributed by atoms with Crippen LogP contribution < -0.4 is 0 Å². The molecule has 1 atom stereocenters. The van der Waals surface area contributed by atoms with Gasteiger partial charge in [-0.1, -0.05) is 32.1 Å². The van der Waals surface area contributed by atoms with Crippen LogP contribution in [0.25, 0.3) is 0 Å². The van der Waals surface area contributed by atoms with Crippen molar-refractivity contribution in [1.29, 1.82) is 0 Å². The van der Waals surface area contributed by atoms with Crippen LogP contribution in [0.2, 0.25) is 0 Å². The molecule has 0 amide bonds. The minimum atomic E-state index is -2.91. The Bertz CT molecular complexity index is 414. The van der Waals surface area contributed by atoms with Crippen LogP contribution in [0.3, 0.4) is 0 Å². The lowest BCUT2D eigenvalue weighted by atomic mass is 9.84. The smallest absolute Gasteiger partial charge is 0.323 e. The highest BCUT2D eigenvalue weighted by atomic mass is 32.2. The topological polar surface area (TPSA) is 63.7 Å². The Balaban J connectivity index is 1.98. The highest BCUT2D eigenvalue weighted by Crippen LogP contribution is 2.29. The van der Waals surface area contributed by atoms with Gasteiger partial charge < -0.3 is 4.74 Å². The van der Waals surface area contributed by atoms with Crippen molar-refractivity contribution in [3.63, 3.8) is 0 Å². The van der Waals surface area contributed by atoms with Crippen LogP contribution in [-0.2, 0) is 19.4 Å². The van der Waals surface area contributed by atoms with Gasteiger partial charge in [-0.05, 0) is 12.3 Å². The second-order valence-corrected chi connectivity index (χ2v) is 8.27. The van der Waals surface area contributed by atoms with Crippen LogP contribution in [0.4, 0.5) is 0 Å². The van der Waals surface area contributed by atoms with Crippen LogP contribution in [0, 0.1) is 5.92 Å². The molecule has 0 bridgehead atoms. The molecule has 2 fully saturated rings. The minimum Gasteiger partial charge on any atom is -0.468 e. The Labute approximate surface area is 121 Å². The number of hydrogen-bond donors (Lipinski definition) is 0. The van der Waals surface area contributed by atoms with E-state index in [1.54, 1.807) is 0 Å². The van der Waals surface area contributed by atoms with E-state index in [4.69, 9.17) is 4.74 Å². The first kappa shape index (κ1) is 15.8. The van der Waals surface area contributed by atoms with Crippen molar-refractivity contribution in [3.8, 4) is 0 Å². The van der Waals surface area contributed by atoms with Gasteiger partial charge in [-0.2, -0.15) is 0 Å². The van der Waals surface area contributed by atoms with Gasteiger partial charge in [0.2, 0.25) is 0 Å². The Kier molecular flexibility index (Phi) is 5.43. The molecule has 1 saturated heterocycles. The number of esters is 1. The molecule has 0 aromatic carbocycles. The quantitative estimate of drug-likeness (QED) is 0.731. The summed E-state index contributed by atoms with van der Waals surface area (Å²) in [4.78, 5) is 14.0. The standard InChI is InChI=1S/C14H25NO4S/c1-19-14(16)13(11-12-5-3-2-4-6-12)15-7-9-20(17,18)10-8-15/h12-13H,2-11H2,1H3/t13-/m0/s1. The summed E-state index contributed by atoms with van der Waals surface area (Å²) in [5.74, 6) is 0.678. The third-order valence-corrected chi connectivity index (χ3v) is 6.18. The van der Waals surface area contributed by atoms with Gasteiger partial charge in [0, 0.05) is 13.1 Å². The summed E-state index contributed by atoms with van der Waals surface area (Å²) in [6.07, 6.45) is 6.95. The Morgan fingerprint density at radius 2 is 1.80 bits per heavy atom. The van der Waals surface area contributed by atoms with Gasteiger partial charge >= 0.3 is 5.97 Å². The van der Waals surface area contributed by atoms with E-state index in [1.165, 1.54) is 39.2 Å². The van der Waals surface area contributed by atoms with E-state index in [2.05, 4.69) is 0 Å². The van der Waals surface area contributed by atoms with Crippen LogP contribution >= 0.6 is 0 Å². The number of carbonyl (C=O) groups excluding carboxylic acids is 1. The van der Waals surface area contributed by atoms with Crippen molar-refractivity contribution in [3.05, 3.63) is 0 Å². The van der Waals surface area contributed by atoms with Gasteiger partial charge in [0.05, 0.1) is 18.6 Å². The van der Waals surface area contributed by atoms with E-state index in [1.807, 2.05) is 4.90 Å². The summed E-state index contributed by atoms with van der Waals surface area (Å²) in [6.45, 7) is 0.906. The summed E-state index contributed by atoms with van der Waals surface area (Å²) >= 11 is 0. The lowest BCUT2D eigenvalue weighted by Gasteiger charge is -2.35. The molecule has 1 heterocycles. The second-order valence-electron chi connectivity index (χ2n) is 5.97. The highest BCUT2D eigenvalue weighted by molar-refractivity contribution is 7.91. The number of rotatable bonds is 4. The number of carbonyl (C=O) groups is 1. The molecular formula is C14H25NO4S. The molecule has 1 saturated carbocycles. The lowest BCUT2D eigenvalue weighted by Crippen LogP contribution is -2.50. The molecule has 116 valence electrons. The molecule has 20 heavy (non-hydrogen) atoms. The van der Waals surface area contributed by atoms with E-state index in [0.717, 1.165) is 6.42 Å². The zero-order valence-electron chi connectivity index (χ0n) is 12.2. The highest BCUT2D eigenvalue weighted by Gasteiger charge is 2.33. The SMILES string of the molecule is COC(=O)[C@H](CC1CCCCC1)N1CCS(=O)(=O)CC1. The van der Waals surface area contributed by atoms with E-state index in [-0.39, 0.29) is 23.5 Å². The molecule has 0 aromatic rings. The van der Waals surface area contributed by atoms with Gasteiger partial charge in [0.1, 0.15) is 6.04 Å². The van der Waals surface area contributed by atoms with Gasteiger partial charge in [0.25, 0.3) is 0 Å². The van der Waals surface area contributed by atoms with Crippen molar-refractivity contribution in [2.45, 2.75) is 44.6 Å². The van der Waals surface area contributed by atoms with Crippen molar-refractivity contribution in [1.82, 2.24) is 4.90 Å². The van der Waals surface area contributed by atoms with E-state index in [9.17, 15) is 13.2 Å². The number of nitrogens with zero attached hydrogens (tertiary/aromatic N) is 1. The molecule has 5 nitrogen and oxygen atoms in total. The molecule has 0 unspecified atom stereocenters. The molecule has 2 rings (SSSR count). The molecule has 6 heteroatoms. The maximum atomic E-state index is 12.0. The molecular weight excluding hydrogens is 278 g/mol. The summed E-state index contributed by atoms with van der Waals surface area (Å²) in [6, 6.07) is -0.265. The molecule has 0 aromatic heterocycles. The molecule has 2 aliphatic rings. The van der Waals surface area contributed by atoms with Crippen LogP contribution in [0.15, 0.2) is 0 Å². The maximum Gasteiger partial charge on any atom is 0.323 e. The van der Waals surface area contributed by atoms with Gasteiger partial charge in [-0.25, -0.2) is 8.42 Å². The monoisotopic (exact) mass is 303 g/mol. The van der Waals surface area contributed by atoms with Gasteiger partial charge in [-0.3, -0.25) is 9.69 Å². The molecule has 1 aliphatic carbocycles. The second kappa shape index (κ2) is 6.89. The van der Waals surface area contributed by atoms with E-state index >= 15 is 0 Å². The molecule has 0 spiro atoms.